The van der Waals surface area contributed by atoms with Crippen LogP contribution >= 0.6 is 0 Å². The number of methoxy groups -OCH3 is 1. The van der Waals surface area contributed by atoms with Crippen LogP contribution in [0.25, 0.3) is 0 Å². The van der Waals surface area contributed by atoms with Gasteiger partial charge in [-0.25, -0.2) is 13.4 Å². The first-order valence-electron chi connectivity index (χ1n) is 6.39. The van der Waals surface area contributed by atoms with E-state index >= 15 is 0 Å². The predicted molar refractivity (Wildman–Crippen MR) is 73.7 cm³/mol. The van der Waals surface area contributed by atoms with Crippen LogP contribution in [0.1, 0.15) is 25.6 Å². The Bertz CT molecular complexity index is 565. The summed E-state index contributed by atoms with van der Waals surface area (Å²) in [6.45, 7) is 4.56. The van der Waals surface area contributed by atoms with E-state index in [4.69, 9.17) is 0 Å². The number of imidazole rings is 1. The maximum absolute atomic E-state index is 12.3. The number of nitrogens with zero attached hydrogens (tertiary/aromatic N) is 3. The van der Waals surface area contributed by atoms with Crippen molar-refractivity contribution in [2.45, 2.75) is 38.3 Å². The molecule has 0 saturated carbocycles. The van der Waals surface area contributed by atoms with Crippen molar-refractivity contribution >= 4 is 16.0 Å². The highest BCUT2D eigenvalue weighted by Crippen LogP contribution is 2.14. The molecule has 0 fully saturated rings. The quantitative estimate of drug-likeness (QED) is 0.695. The topological polar surface area (TPSA) is 81.5 Å². The summed E-state index contributed by atoms with van der Waals surface area (Å²) in [6, 6.07) is 0. The molecule has 0 aromatic carbocycles. The van der Waals surface area contributed by atoms with Crippen molar-refractivity contribution in [2.24, 2.45) is 0 Å². The molecule has 0 aliphatic carbocycles. The Kier molecular flexibility index (Phi) is 5.70. The predicted octanol–water partition coefficient (Wildman–Crippen LogP) is 0.785. The molecule has 20 heavy (non-hydrogen) atoms. The Morgan fingerprint density at radius 2 is 2.15 bits per heavy atom. The summed E-state index contributed by atoms with van der Waals surface area (Å²) < 4.78 is 32.0. The zero-order valence-electron chi connectivity index (χ0n) is 12.3. The molecule has 0 N–H and O–H groups in total. The van der Waals surface area contributed by atoms with Gasteiger partial charge in [-0.05, 0) is 13.3 Å². The van der Waals surface area contributed by atoms with Gasteiger partial charge in [0.2, 0.25) is 0 Å². The summed E-state index contributed by atoms with van der Waals surface area (Å²) in [6.07, 6.45) is 2.44. The average molecular weight is 303 g/mol. The molecule has 1 aromatic heterocycles. The van der Waals surface area contributed by atoms with E-state index in [1.54, 1.807) is 11.5 Å². The third-order valence-corrected chi connectivity index (χ3v) is 4.68. The van der Waals surface area contributed by atoms with E-state index < -0.39 is 16.0 Å². The minimum Gasteiger partial charge on any atom is -0.469 e. The van der Waals surface area contributed by atoms with Crippen molar-refractivity contribution in [3.63, 3.8) is 0 Å². The van der Waals surface area contributed by atoms with Gasteiger partial charge in [-0.15, -0.1) is 0 Å². The molecule has 0 saturated heterocycles. The number of aromatic nitrogens is 2. The summed E-state index contributed by atoms with van der Waals surface area (Å²) in [5.74, 6) is 0.214. The number of hydrogen-bond acceptors (Lipinski definition) is 5. The van der Waals surface area contributed by atoms with Crippen LogP contribution in [0.5, 0.6) is 0 Å². The maximum Gasteiger partial charge on any atom is 0.306 e. The highest BCUT2D eigenvalue weighted by Gasteiger charge is 2.25. The van der Waals surface area contributed by atoms with Crippen LogP contribution in [-0.2, 0) is 26.1 Å². The van der Waals surface area contributed by atoms with Gasteiger partial charge in [0.05, 0.1) is 13.5 Å². The highest BCUT2D eigenvalue weighted by molar-refractivity contribution is 7.89. The van der Waals surface area contributed by atoms with Gasteiger partial charge < -0.3 is 9.30 Å². The van der Waals surface area contributed by atoms with Gasteiger partial charge >= 0.3 is 5.97 Å². The number of sulfonamides is 1. The Morgan fingerprint density at radius 3 is 2.70 bits per heavy atom. The minimum atomic E-state index is -3.67. The molecule has 0 radical (unpaired) electrons. The Morgan fingerprint density at radius 1 is 1.50 bits per heavy atom. The van der Waals surface area contributed by atoms with Crippen LogP contribution in [0.15, 0.2) is 11.2 Å². The van der Waals surface area contributed by atoms with E-state index in [9.17, 15) is 13.2 Å². The zero-order valence-corrected chi connectivity index (χ0v) is 13.1. The molecule has 7 nitrogen and oxygen atoms in total. The first-order valence-corrected chi connectivity index (χ1v) is 7.83. The van der Waals surface area contributed by atoms with Gasteiger partial charge in [0.1, 0.15) is 5.82 Å². The third-order valence-electron chi connectivity index (χ3n) is 2.95. The molecule has 0 aliphatic heterocycles. The lowest BCUT2D eigenvalue weighted by Crippen LogP contribution is -2.29. The van der Waals surface area contributed by atoms with E-state index in [2.05, 4.69) is 9.72 Å². The third kappa shape index (κ3) is 3.80. The Hall–Kier alpha value is -1.41. The van der Waals surface area contributed by atoms with E-state index in [1.165, 1.54) is 20.4 Å². The van der Waals surface area contributed by atoms with Gasteiger partial charge in [0.25, 0.3) is 10.0 Å². The van der Waals surface area contributed by atoms with E-state index in [1.807, 2.05) is 6.92 Å². The highest BCUT2D eigenvalue weighted by atomic mass is 32.2. The molecule has 0 bridgehead atoms. The molecule has 0 spiro atoms. The fraction of sp³-hybridized carbons (Fsp3) is 0.667. The van der Waals surface area contributed by atoms with E-state index in [0.29, 0.717) is 5.82 Å². The average Bonchev–Trinajstić information content (AvgIpc) is 2.78. The first-order chi connectivity index (χ1) is 9.32. The summed E-state index contributed by atoms with van der Waals surface area (Å²) >= 11 is 0. The normalized spacial score (nSPS) is 11.8. The second kappa shape index (κ2) is 6.85. The monoisotopic (exact) mass is 303 g/mol. The molecule has 0 unspecified atom stereocenters. The largest absolute Gasteiger partial charge is 0.469 e. The molecule has 114 valence electrons. The summed E-state index contributed by atoms with van der Waals surface area (Å²) in [4.78, 5) is 15.1. The Balaban J connectivity index is 2.87. The lowest BCUT2D eigenvalue weighted by Gasteiger charge is -2.14. The molecule has 1 aromatic rings. The van der Waals surface area contributed by atoms with Crippen molar-refractivity contribution in [3.05, 3.63) is 12.0 Å². The maximum atomic E-state index is 12.3. The van der Waals surface area contributed by atoms with Crippen LogP contribution in [-0.4, -0.2) is 48.9 Å². The molecular formula is C12H21N3O4S. The number of hydrogen-bond donors (Lipinski definition) is 0. The molecule has 0 aliphatic rings. The molecular weight excluding hydrogens is 282 g/mol. The van der Waals surface area contributed by atoms with Crippen molar-refractivity contribution in [1.82, 2.24) is 13.9 Å². The van der Waals surface area contributed by atoms with Crippen molar-refractivity contribution in [2.75, 3.05) is 20.7 Å². The van der Waals surface area contributed by atoms with Crippen molar-refractivity contribution in [1.29, 1.82) is 0 Å². The lowest BCUT2D eigenvalue weighted by atomic mass is 10.4. The van der Waals surface area contributed by atoms with Gasteiger partial charge in [0.15, 0.2) is 5.03 Å². The van der Waals surface area contributed by atoms with Crippen molar-refractivity contribution in [3.8, 4) is 0 Å². The SMILES string of the molecule is CCCn1cc(S(=O)(=O)N(C)CCC(=O)OC)nc1C. The number of ether oxygens (including phenoxy) is 1. The first kappa shape index (κ1) is 16.6. The number of aryl methyl sites for hydroxylation is 2. The molecule has 1 heterocycles. The smallest absolute Gasteiger partial charge is 0.306 e. The van der Waals surface area contributed by atoms with Crippen LogP contribution < -0.4 is 0 Å². The van der Waals surface area contributed by atoms with Crippen LogP contribution in [0.2, 0.25) is 0 Å². The summed E-state index contributed by atoms with van der Waals surface area (Å²) in [5, 5.41) is 0.0100. The fourth-order valence-corrected chi connectivity index (χ4v) is 2.86. The molecule has 0 atom stereocenters. The van der Waals surface area contributed by atoms with E-state index in [-0.39, 0.29) is 18.0 Å². The van der Waals surface area contributed by atoms with E-state index in [0.717, 1.165) is 17.3 Å². The number of carbonyl (C=O) groups is 1. The summed E-state index contributed by atoms with van der Waals surface area (Å²) in [7, 11) is -0.976. The molecule has 1 rings (SSSR count). The molecule has 0 amide bonds. The van der Waals surface area contributed by atoms with Crippen molar-refractivity contribution < 1.29 is 17.9 Å². The van der Waals surface area contributed by atoms with Gasteiger partial charge in [-0.3, -0.25) is 4.79 Å². The fourth-order valence-electron chi connectivity index (χ4n) is 1.70. The molecule has 8 heteroatoms. The van der Waals surface area contributed by atoms with Gasteiger partial charge in [-0.2, -0.15) is 4.31 Å². The number of esters is 1. The number of rotatable bonds is 7. The number of carbonyl (C=O) groups excluding carboxylic acids is 1. The summed E-state index contributed by atoms with van der Waals surface area (Å²) in [5.41, 5.74) is 0. The second-order valence-electron chi connectivity index (χ2n) is 4.47. The van der Waals surface area contributed by atoms with Crippen LogP contribution in [0.4, 0.5) is 0 Å². The van der Waals surface area contributed by atoms with Crippen LogP contribution in [0, 0.1) is 6.92 Å². The Labute approximate surface area is 119 Å². The zero-order chi connectivity index (χ0) is 15.3. The minimum absolute atomic E-state index is 0.0100. The van der Waals surface area contributed by atoms with Gasteiger partial charge in [-0.1, -0.05) is 6.92 Å². The van der Waals surface area contributed by atoms with Gasteiger partial charge in [0, 0.05) is 26.3 Å². The second-order valence-corrected chi connectivity index (χ2v) is 6.46. The standard InChI is InChI=1S/C12H21N3O4S/c1-5-7-15-9-11(13-10(15)2)20(17,18)14(3)8-6-12(16)19-4/h9H,5-8H2,1-4H3. The van der Waals surface area contributed by atoms with Crippen LogP contribution in [0.3, 0.4) is 0 Å². The lowest BCUT2D eigenvalue weighted by molar-refractivity contribution is -0.140.